The standard InChI is InChI=1S/C21H18BrNO2S/c1-20-9-15(24)14(22)8-21(20)7-11(26-20)6-13-17(21)18-16-10(4-5-23-18)2-3-12(16)19(13)25/h2,8,11H,3-7,9H2,1H3/t11?,20?,21-/m0/s1. The zero-order chi connectivity index (χ0) is 17.8. The Morgan fingerprint density at radius 1 is 1.31 bits per heavy atom. The van der Waals surface area contributed by atoms with Gasteiger partial charge in [-0.3, -0.25) is 14.6 Å². The van der Waals surface area contributed by atoms with Gasteiger partial charge < -0.3 is 0 Å². The van der Waals surface area contributed by atoms with Gasteiger partial charge in [0.25, 0.3) is 0 Å². The van der Waals surface area contributed by atoms with Gasteiger partial charge in [0.05, 0.1) is 10.2 Å². The second-order valence-corrected chi connectivity index (χ2v) is 11.1. The average molecular weight is 428 g/mol. The highest BCUT2D eigenvalue weighted by Gasteiger charge is 2.64. The third-order valence-electron chi connectivity index (χ3n) is 7.09. The van der Waals surface area contributed by atoms with Crippen LogP contribution in [0.25, 0.3) is 0 Å². The third-order valence-corrected chi connectivity index (χ3v) is 9.45. The fraction of sp³-hybridized carbons (Fsp3) is 0.476. The Balaban J connectivity index is 1.67. The number of fused-ring (bicyclic) bond motifs is 2. The van der Waals surface area contributed by atoms with Crippen molar-refractivity contribution in [3.05, 3.63) is 44.5 Å². The molecule has 1 fully saturated rings. The van der Waals surface area contributed by atoms with Crippen LogP contribution in [-0.2, 0) is 9.59 Å². The number of allylic oxidation sites excluding steroid dienone is 7. The molecular formula is C21H18BrNO2S. The Hall–Kier alpha value is -1.20. The molecule has 4 aliphatic carbocycles. The predicted molar refractivity (Wildman–Crippen MR) is 107 cm³/mol. The van der Waals surface area contributed by atoms with Crippen molar-refractivity contribution in [2.24, 2.45) is 10.4 Å². The summed E-state index contributed by atoms with van der Waals surface area (Å²) < 4.78 is 0.486. The molecule has 2 heterocycles. The summed E-state index contributed by atoms with van der Waals surface area (Å²) in [5, 5.41) is 0.408. The van der Waals surface area contributed by atoms with E-state index in [1.807, 2.05) is 11.8 Å². The van der Waals surface area contributed by atoms with Crippen molar-refractivity contribution < 1.29 is 9.59 Å². The van der Waals surface area contributed by atoms with Gasteiger partial charge in [-0.15, -0.1) is 11.8 Å². The molecule has 6 aliphatic rings. The molecule has 6 rings (SSSR count). The summed E-state index contributed by atoms with van der Waals surface area (Å²) >= 11 is 5.44. The van der Waals surface area contributed by atoms with E-state index in [0.29, 0.717) is 16.2 Å². The number of thioether (sulfide) groups is 1. The summed E-state index contributed by atoms with van der Waals surface area (Å²) in [7, 11) is 0. The maximum Gasteiger partial charge on any atom is 0.186 e. The number of hydrogen-bond acceptors (Lipinski definition) is 4. The van der Waals surface area contributed by atoms with Gasteiger partial charge in [0.15, 0.2) is 11.6 Å². The minimum Gasteiger partial charge on any atom is -0.294 e. The predicted octanol–water partition coefficient (Wildman–Crippen LogP) is 4.24. The molecule has 1 spiro atoms. The third kappa shape index (κ3) is 1.66. The summed E-state index contributed by atoms with van der Waals surface area (Å²) in [6.45, 7) is 3.03. The Morgan fingerprint density at radius 2 is 2.15 bits per heavy atom. The smallest absolute Gasteiger partial charge is 0.186 e. The summed E-state index contributed by atoms with van der Waals surface area (Å²) in [4.78, 5) is 30.8. The van der Waals surface area contributed by atoms with Crippen LogP contribution in [0.4, 0.5) is 0 Å². The molecule has 0 N–H and O–H groups in total. The van der Waals surface area contributed by atoms with E-state index in [0.717, 1.165) is 60.2 Å². The number of carbonyl (C=O) groups excluding carboxylic acids is 2. The van der Waals surface area contributed by atoms with E-state index in [2.05, 4.69) is 35.0 Å². The van der Waals surface area contributed by atoms with Crippen molar-refractivity contribution >= 4 is 45.0 Å². The Labute approximate surface area is 164 Å². The monoisotopic (exact) mass is 427 g/mol. The second kappa shape index (κ2) is 4.79. The van der Waals surface area contributed by atoms with E-state index in [1.54, 1.807) is 0 Å². The largest absolute Gasteiger partial charge is 0.294 e. The number of carbonyl (C=O) groups is 2. The Kier molecular flexibility index (Phi) is 2.92. The molecule has 132 valence electrons. The van der Waals surface area contributed by atoms with Crippen LogP contribution in [0, 0.1) is 5.41 Å². The quantitative estimate of drug-likeness (QED) is 0.543. The minimum absolute atomic E-state index is 0.175. The number of Topliss-reactive ketones (excluding diaryl/α,β-unsaturated/α-hetero) is 2. The molecule has 0 radical (unpaired) electrons. The first kappa shape index (κ1) is 15.8. The molecule has 3 nitrogen and oxygen atoms in total. The fourth-order valence-corrected chi connectivity index (χ4v) is 8.54. The number of rotatable bonds is 0. The van der Waals surface area contributed by atoms with Crippen LogP contribution in [0.1, 0.15) is 39.0 Å². The molecule has 0 amide bonds. The molecular weight excluding hydrogens is 410 g/mol. The first-order valence-corrected chi connectivity index (χ1v) is 11.0. The molecule has 2 bridgehead atoms. The van der Waals surface area contributed by atoms with Gasteiger partial charge in [0.1, 0.15) is 0 Å². The molecule has 0 saturated carbocycles. The van der Waals surface area contributed by atoms with Crippen LogP contribution in [0.5, 0.6) is 0 Å². The molecule has 2 unspecified atom stereocenters. The molecule has 5 heteroatoms. The number of nitrogens with zero attached hydrogens (tertiary/aromatic N) is 1. The van der Waals surface area contributed by atoms with E-state index in [-0.39, 0.29) is 21.7 Å². The van der Waals surface area contributed by atoms with Crippen molar-refractivity contribution in [3.8, 4) is 0 Å². The number of halogens is 1. The highest BCUT2D eigenvalue weighted by atomic mass is 79.9. The maximum absolute atomic E-state index is 13.4. The topological polar surface area (TPSA) is 46.5 Å². The normalized spacial score (nSPS) is 40.1. The highest BCUT2D eigenvalue weighted by molar-refractivity contribution is 9.12. The van der Waals surface area contributed by atoms with Gasteiger partial charge >= 0.3 is 0 Å². The van der Waals surface area contributed by atoms with Crippen LogP contribution >= 0.6 is 27.7 Å². The zero-order valence-corrected chi connectivity index (χ0v) is 16.9. The first-order valence-electron chi connectivity index (χ1n) is 9.29. The van der Waals surface area contributed by atoms with E-state index in [4.69, 9.17) is 4.99 Å². The number of hydrogen-bond donors (Lipinski definition) is 0. The van der Waals surface area contributed by atoms with E-state index in [9.17, 15) is 9.59 Å². The summed E-state index contributed by atoms with van der Waals surface area (Å²) in [6, 6.07) is 0. The van der Waals surface area contributed by atoms with Crippen molar-refractivity contribution in [1.82, 2.24) is 0 Å². The Bertz CT molecular complexity index is 997. The minimum atomic E-state index is -0.263. The fourth-order valence-electron chi connectivity index (χ4n) is 6.01. The van der Waals surface area contributed by atoms with Gasteiger partial charge in [0, 0.05) is 45.1 Å². The molecule has 26 heavy (non-hydrogen) atoms. The molecule has 0 aromatic heterocycles. The van der Waals surface area contributed by atoms with Crippen LogP contribution < -0.4 is 0 Å². The summed E-state index contributed by atoms with van der Waals surface area (Å²) in [6.07, 6.45) is 8.42. The zero-order valence-electron chi connectivity index (χ0n) is 14.5. The highest BCUT2D eigenvalue weighted by Crippen LogP contribution is 2.69. The summed E-state index contributed by atoms with van der Waals surface area (Å²) in [5.41, 5.74) is 6.36. The van der Waals surface area contributed by atoms with Gasteiger partial charge in [-0.05, 0) is 59.7 Å². The number of aliphatic imine (C=N–C) groups is 1. The van der Waals surface area contributed by atoms with Crippen LogP contribution in [0.15, 0.2) is 49.5 Å². The lowest BCUT2D eigenvalue weighted by Gasteiger charge is -2.48. The SMILES string of the molecule is CC12CC(=O)C(Br)=C[C@]13CC(CC1=C3C3=NCCC4=CCC(=C43)C1=O)S2. The lowest BCUT2D eigenvalue weighted by Crippen LogP contribution is -2.49. The van der Waals surface area contributed by atoms with E-state index in [1.165, 1.54) is 5.57 Å². The first-order chi connectivity index (χ1) is 12.4. The number of ketones is 2. The van der Waals surface area contributed by atoms with Crippen molar-refractivity contribution in [1.29, 1.82) is 0 Å². The molecule has 2 aliphatic heterocycles. The summed E-state index contributed by atoms with van der Waals surface area (Å²) in [5.74, 6) is 0.423. The maximum atomic E-state index is 13.4. The average Bonchev–Trinajstić information content (AvgIpc) is 3.11. The van der Waals surface area contributed by atoms with Gasteiger partial charge in [-0.2, -0.15) is 0 Å². The van der Waals surface area contributed by atoms with E-state index >= 15 is 0 Å². The van der Waals surface area contributed by atoms with Gasteiger partial charge in [-0.1, -0.05) is 12.2 Å². The van der Waals surface area contributed by atoms with Crippen LogP contribution in [-0.4, -0.2) is 33.8 Å². The van der Waals surface area contributed by atoms with Gasteiger partial charge in [0.2, 0.25) is 0 Å². The van der Waals surface area contributed by atoms with Crippen molar-refractivity contribution in [2.75, 3.05) is 6.54 Å². The lowest BCUT2D eigenvalue weighted by atomic mass is 9.56. The Morgan fingerprint density at radius 3 is 3.00 bits per heavy atom. The van der Waals surface area contributed by atoms with Crippen molar-refractivity contribution in [3.63, 3.8) is 0 Å². The molecule has 1 saturated heterocycles. The van der Waals surface area contributed by atoms with E-state index < -0.39 is 0 Å². The lowest BCUT2D eigenvalue weighted by molar-refractivity contribution is -0.116. The molecule has 0 aromatic carbocycles. The van der Waals surface area contributed by atoms with Crippen LogP contribution in [0.2, 0.25) is 0 Å². The van der Waals surface area contributed by atoms with Crippen LogP contribution in [0.3, 0.4) is 0 Å². The molecule has 3 atom stereocenters. The van der Waals surface area contributed by atoms with Crippen molar-refractivity contribution in [2.45, 2.75) is 49.0 Å². The molecule has 0 aromatic rings. The van der Waals surface area contributed by atoms with Gasteiger partial charge in [-0.25, -0.2) is 0 Å². The second-order valence-electron chi connectivity index (χ2n) is 8.39.